The van der Waals surface area contributed by atoms with Crippen molar-refractivity contribution in [2.75, 3.05) is 6.54 Å². The maximum atomic E-state index is 9.07. The van der Waals surface area contributed by atoms with Gasteiger partial charge in [-0.15, -0.1) is 0 Å². The van der Waals surface area contributed by atoms with Crippen molar-refractivity contribution in [3.05, 3.63) is 34.1 Å². The summed E-state index contributed by atoms with van der Waals surface area (Å²) in [5.41, 5.74) is 3.01. The van der Waals surface area contributed by atoms with Gasteiger partial charge in [0.05, 0.1) is 5.56 Å². The molecular formula is C14H14BrN3. The molecule has 0 aromatic carbocycles. The first-order valence-corrected chi connectivity index (χ1v) is 7.08. The van der Waals surface area contributed by atoms with Gasteiger partial charge < -0.3 is 5.32 Å². The lowest BCUT2D eigenvalue weighted by Gasteiger charge is -2.27. The molecule has 2 atom stereocenters. The molecule has 1 N–H and O–H groups in total. The second-order valence-corrected chi connectivity index (χ2v) is 5.64. The fraction of sp³-hybridized carbons (Fsp3) is 0.429. The summed E-state index contributed by atoms with van der Waals surface area (Å²) in [6, 6.07) is 4.57. The van der Waals surface area contributed by atoms with Gasteiger partial charge in [0.15, 0.2) is 0 Å². The molecule has 0 unspecified atom stereocenters. The van der Waals surface area contributed by atoms with E-state index >= 15 is 0 Å². The van der Waals surface area contributed by atoms with Gasteiger partial charge in [-0.1, -0.05) is 6.08 Å². The molecule has 2 heterocycles. The Bertz CT molecular complexity index is 544. The van der Waals surface area contributed by atoms with E-state index in [0.29, 0.717) is 16.2 Å². The van der Waals surface area contributed by atoms with Crippen molar-refractivity contribution in [1.29, 1.82) is 5.26 Å². The Morgan fingerprint density at radius 1 is 1.44 bits per heavy atom. The third-order valence-electron chi connectivity index (χ3n) is 3.88. The van der Waals surface area contributed by atoms with Crippen LogP contribution in [0.5, 0.6) is 0 Å². The molecule has 1 aromatic heterocycles. The number of nitrogens with zero attached hydrogens (tertiary/aromatic N) is 2. The number of nitrogens with one attached hydrogen (secondary N) is 1. The predicted molar refractivity (Wildman–Crippen MR) is 73.8 cm³/mol. The Morgan fingerprint density at radius 2 is 2.33 bits per heavy atom. The highest BCUT2D eigenvalue weighted by Crippen LogP contribution is 2.36. The highest BCUT2D eigenvalue weighted by Gasteiger charge is 2.32. The van der Waals surface area contributed by atoms with E-state index in [1.807, 2.05) is 12.3 Å². The van der Waals surface area contributed by atoms with Gasteiger partial charge in [0.25, 0.3) is 0 Å². The molecule has 3 nitrogen and oxygen atoms in total. The summed E-state index contributed by atoms with van der Waals surface area (Å²) in [4.78, 5) is 4.26. The van der Waals surface area contributed by atoms with E-state index in [9.17, 15) is 0 Å². The highest BCUT2D eigenvalue weighted by atomic mass is 79.9. The maximum Gasteiger partial charge on any atom is 0.123 e. The summed E-state index contributed by atoms with van der Waals surface area (Å²) in [6.45, 7) is 1.10. The molecule has 92 valence electrons. The average Bonchev–Trinajstić information content (AvgIpc) is 2.87. The largest absolute Gasteiger partial charge is 0.310 e. The highest BCUT2D eigenvalue weighted by molar-refractivity contribution is 9.10. The lowest BCUT2D eigenvalue weighted by molar-refractivity contribution is 0.470. The molecule has 18 heavy (non-hydrogen) atoms. The Hall–Kier alpha value is -1.18. The number of halogens is 1. The molecular weight excluding hydrogens is 290 g/mol. The summed E-state index contributed by atoms with van der Waals surface area (Å²) in [5.74, 6) is 0.749. The van der Waals surface area contributed by atoms with E-state index in [2.05, 4.69) is 38.4 Å². The zero-order valence-electron chi connectivity index (χ0n) is 9.99. The second-order valence-electron chi connectivity index (χ2n) is 4.89. The molecule has 1 aromatic rings. The van der Waals surface area contributed by atoms with Crippen LogP contribution in [-0.2, 0) is 0 Å². The van der Waals surface area contributed by atoms with E-state index in [1.54, 1.807) is 0 Å². The number of allylic oxidation sites excluding steroid dienone is 1. The molecule has 1 aliphatic heterocycles. The molecule has 0 spiro atoms. The number of rotatable bonds is 1. The Labute approximate surface area is 115 Å². The predicted octanol–water partition coefficient (Wildman–Crippen LogP) is 2.87. The van der Waals surface area contributed by atoms with Crippen LogP contribution in [0.1, 0.15) is 30.4 Å². The van der Waals surface area contributed by atoms with Crippen LogP contribution in [0.15, 0.2) is 22.9 Å². The minimum absolute atomic E-state index is 0.452. The minimum Gasteiger partial charge on any atom is -0.310 e. The van der Waals surface area contributed by atoms with Crippen LogP contribution in [0.2, 0.25) is 0 Å². The van der Waals surface area contributed by atoms with Crippen molar-refractivity contribution in [2.45, 2.75) is 25.3 Å². The molecule has 3 rings (SSSR count). The van der Waals surface area contributed by atoms with Crippen molar-refractivity contribution in [2.24, 2.45) is 5.92 Å². The number of hydrogen-bond donors (Lipinski definition) is 1. The van der Waals surface area contributed by atoms with E-state index < -0.39 is 0 Å². The molecule has 1 aliphatic carbocycles. The molecule has 1 fully saturated rings. The number of pyridine rings is 1. The van der Waals surface area contributed by atoms with Crippen molar-refractivity contribution in [3.8, 4) is 6.07 Å². The lowest BCUT2D eigenvalue weighted by Crippen LogP contribution is -2.30. The molecule has 0 saturated carbocycles. The number of aromatic nitrogens is 1. The molecule has 4 heteroatoms. The van der Waals surface area contributed by atoms with Gasteiger partial charge in [0, 0.05) is 12.2 Å². The van der Waals surface area contributed by atoms with Crippen LogP contribution >= 0.6 is 15.9 Å². The van der Waals surface area contributed by atoms with Gasteiger partial charge >= 0.3 is 0 Å². The fourth-order valence-corrected chi connectivity index (χ4v) is 3.30. The van der Waals surface area contributed by atoms with Gasteiger partial charge in [0.2, 0.25) is 0 Å². The van der Waals surface area contributed by atoms with E-state index in [1.165, 1.54) is 18.4 Å². The van der Waals surface area contributed by atoms with Crippen molar-refractivity contribution < 1.29 is 0 Å². The Morgan fingerprint density at radius 3 is 3.17 bits per heavy atom. The summed E-state index contributed by atoms with van der Waals surface area (Å²) >= 11 is 3.30. The SMILES string of the molecule is N#Cc1cc(C2=CCC[C@@H]3CCN[C@H]23)cnc1Br. The molecule has 0 amide bonds. The smallest absolute Gasteiger partial charge is 0.123 e. The van der Waals surface area contributed by atoms with Crippen LogP contribution in [-0.4, -0.2) is 17.6 Å². The van der Waals surface area contributed by atoms with Gasteiger partial charge in [-0.25, -0.2) is 4.98 Å². The third kappa shape index (κ3) is 1.98. The summed E-state index contributed by atoms with van der Waals surface area (Å²) in [5, 5.41) is 12.6. The standard InChI is InChI=1S/C14H14BrN3/c15-14-10(7-16)6-11(8-18-14)12-3-1-2-9-4-5-17-13(9)12/h3,6,8-9,13,17H,1-2,4-5H2/t9-,13+/m1/s1. The Kier molecular flexibility index (Phi) is 3.19. The van der Waals surface area contributed by atoms with Gasteiger partial charge in [0.1, 0.15) is 10.7 Å². The number of fused-ring (bicyclic) bond motifs is 1. The molecule has 1 saturated heterocycles. The van der Waals surface area contributed by atoms with E-state index in [-0.39, 0.29) is 0 Å². The second kappa shape index (κ2) is 4.83. The van der Waals surface area contributed by atoms with Gasteiger partial charge in [-0.2, -0.15) is 5.26 Å². The first-order chi connectivity index (χ1) is 8.79. The van der Waals surface area contributed by atoms with Crippen molar-refractivity contribution in [3.63, 3.8) is 0 Å². The van der Waals surface area contributed by atoms with Crippen LogP contribution < -0.4 is 5.32 Å². The summed E-state index contributed by atoms with van der Waals surface area (Å²) in [7, 11) is 0. The molecule has 0 bridgehead atoms. The lowest BCUT2D eigenvalue weighted by atomic mass is 9.82. The normalized spacial score (nSPS) is 26.3. The first kappa shape index (κ1) is 11.9. The number of hydrogen-bond acceptors (Lipinski definition) is 3. The summed E-state index contributed by atoms with van der Waals surface area (Å²) in [6.07, 6.45) is 7.83. The van der Waals surface area contributed by atoms with Crippen LogP contribution in [0.25, 0.3) is 5.57 Å². The zero-order chi connectivity index (χ0) is 12.5. The van der Waals surface area contributed by atoms with Gasteiger partial charge in [-0.3, -0.25) is 0 Å². The molecule has 2 aliphatic rings. The first-order valence-electron chi connectivity index (χ1n) is 6.29. The fourth-order valence-electron chi connectivity index (χ4n) is 2.99. The van der Waals surface area contributed by atoms with Crippen molar-refractivity contribution >= 4 is 21.5 Å². The van der Waals surface area contributed by atoms with Gasteiger partial charge in [-0.05, 0) is 64.9 Å². The van der Waals surface area contributed by atoms with Crippen LogP contribution in [0, 0.1) is 17.2 Å². The van der Waals surface area contributed by atoms with Crippen molar-refractivity contribution in [1.82, 2.24) is 10.3 Å². The van der Waals surface area contributed by atoms with E-state index in [0.717, 1.165) is 24.4 Å². The summed E-state index contributed by atoms with van der Waals surface area (Å²) < 4.78 is 0.626. The third-order valence-corrected chi connectivity index (χ3v) is 4.51. The zero-order valence-corrected chi connectivity index (χ0v) is 11.6. The van der Waals surface area contributed by atoms with E-state index in [4.69, 9.17) is 5.26 Å². The maximum absolute atomic E-state index is 9.07. The van der Waals surface area contributed by atoms with Crippen LogP contribution in [0.4, 0.5) is 0 Å². The van der Waals surface area contributed by atoms with Crippen LogP contribution in [0.3, 0.4) is 0 Å². The average molecular weight is 304 g/mol. The Balaban J connectivity index is 1.99. The quantitative estimate of drug-likeness (QED) is 0.812. The number of nitriles is 1. The minimum atomic E-state index is 0.452. The molecule has 0 radical (unpaired) electrons. The topological polar surface area (TPSA) is 48.7 Å². The monoisotopic (exact) mass is 303 g/mol.